The predicted octanol–water partition coefficient (Wildman–Crippen LogP) is 17.0. The molecule has 0 saturated heterocycles. The molecule has 354 valence electrons. The normalized spacial score (nSPS) is 12.9. The molecule has 0 spiro atoms. The lowest BCUT2D eigenvalue weighted by atomic mass is 9.83. The van der Waals surface area contributed by atoms with E-state index in [2.05, 4.69) is 111 Å². The summed E-state index contributed by atoms with van der Waals surface area (Å²) in [5.74, 6) is -8.00. The van der Waals surface area contributed by atoms with Gasteiger partial charge in [0.1, 0.15) is 24.0 Å². The lowest BCUT2D eigenvalue weighted by molar-refractivity contribution is 0.381. The number of hydrogen-bond donors (Lipinski definition) is 0. The van der Waals surface area contributed by atoms with Crippen LogP contribution in [-0.4, -0.2) is 16.2 Å². The van der Waals surface area contributed by atoms with Gasteiger partial charge in [-0.3, -0.25) is 4.57 Å². The molecular weight excluding hydrogens is 888 g/mol. The molecule has 70 heavy (non-hydrogen) atoms. The summed E-state index contributed by atoms with van der Waals surface area (Å²) in [6.07, 6.45) is 3.45. The molecule has 0 aliphatic carbocycles. The van der Waals surface area contributed by atoms with Crippen molar-refractivity contribution >= 4 is 44.6 Å². The van der Waals surface area contributed by atoms with Crippen molar-refractivity contribution in [2.45, 2.75) is 79.1 Å². The maximum absolute atomic E-state index is 15.9. The van der Waals surface area contributed by atoms with Crippen molar-refractivity contribution in [2.75, 3.05) is 16.5 Å². The topological polar surface area (TPSA) is 33.5 Å². The van der Waals surface area contributed by atoms with Crippen LogP contribution < -0.4 is 14.5 Å². The van der Waals surface area contributed by atoms with Gasteiger partial charge in [-0.15, -0.1) is 0 Å². The van der Waals surface area contributed by atoms with E-state index in [1.54, 1.807) is 6.07 Å². The molecule has 0 fully saturated rings. The smallest absolute Gasteiger partial charge is 0.200 e. The molecule has 0 amide bonds. The van der Waals surface area contributed by atoms with Gasteiger partial charge >= 0.3 is 0 Å². The molecule has 5 nitrogen and oxygen atoms in total. The van der Waals surface area contributed by atoms with Gasteiger partial charge in [0.05, 0.1) is 33.7 Å². The maximum Gasteiger partial charge on any atom is 0.200 e. The van der Waals surface area contributed by atoms with Crippen LogP contribution in [0.5, 0.6) is 11.5 Å². The minimum Gasteiger partial charge on any atom is -0.457 e. The summed E-state index contributed by atoms with van der Waals surface area (Å²) in [4.78, 5) is 8.88. The molecule has 10 rings (SSSR count). The minimum absolute atomic E-state index is 0.0934. The fourth-order valence-corrected chi connectivity index (χ4v) is 10.1. The molecule has 1 aliphatic rings. The zero-order valence-corrected chi connectivity index (χ0v) is 40.5. The lowest BCUT2D eigenvalue weighted by Gasteiger charge is -2.32. The summed E-state index contributed by atoms with van der Waals surface area (Å²) in [7, 11) is 0. The van der Waals surface area contributed by atoms with Crippen LogP contribution in [0.15, 0.2) is 140 Å². The SMILES string of the molecule is CCc1cccc(CC)c1-c1cc(Oc2ccc3c4ccccc4n(-c4cc(C(C)(C)C)ccn4)c3c2)cc(N2CN(c3c(-c4c(F)c(F)c(F)c(F)c4F)cccc3C(C)(C)C)c3ccccc32)c1. The van der Waals surface area contributed by atoms with Crippen molar-refractivity contribution in [3.8, 4) is 39.6 Å². The van der Waals surface area contributed by atoms with Gasteiger partial charge in [-0.25, -0.2) is 26.9 Å². The number of aryl methyl sites for hydroxylation is 2. The molecule has 10 heteroatoms. The van der Waals surface area contributed by atoms with Gasteiger partial charge in [-0.05, 0) is 112 Å². The van der Waals surface area contributed by atoms with Crippen LogP contribution in [0.4, 0.5) is 44.7 Å². The average molecular weight is 941 g/mol. The van der Waals surface area contributed by atoms with E-state index in [9.17, 15) is 4.39 Å². The summed E-state index contributed by atoms with van der Waals surface area (Å²) in [6.45, 7) is 16.8. The lowest BCUT2D eigenvalue weighted by Crippen LogP contribution is -2.27. The number of aromatic nitrogens is 2. The third-order valence-electron chi connectivity index (χ3n) is 13.6. The molecule has 0 atom stereocenters. The van der Waals surface area contributed by atoms with Crippen LogP contribution >= 0.6 is 0 Å². The van der Waals surface area contributed by atoms with Gasteiger partial charge in [0.25, 0.3) is 0 Å². The molecule has 1 aliphatic heterocycles. The molecule has 0 radical (unpaired) electrons. The first-order valence-electron chi connectivity index (χ1n) is 23.7. The Morgan fingerprint density at radius 3 is 1.84 bits per heavy atom. The molecule has 0 saturated carbocycles. The highest BCUT2D eigenvalue weighted by Crippen LogP contribution is 2.52. The molecule has 9 aromatic rings. The average Bonchev–Trinajstić information content (AvgIpc) is 3.90. The van der Waals surface area contributed by atoms with E-state index in [0.29, 0.717) is 28.4 Å². The van der Waals surface area contributed by atoms with E-state index in [0.717, 1.165) is 68.5 Å². The first-order chi connectivity index (χ1) is 33.5. The zero-order valence-electron chi connectivity index (χ0n) is 40.5. The second-order valence-corrected chi connectivity index (χ2v) is 20.0. The van der Waals surface area contributed by atoms with Gasteiger partial charge < -0.3 is 14.5 Å². The Hall–Kier alpha value is -7.46. The van der Waals surface area contributed by atoms with Crippen LogP contribution in [0.3, 0.4) is 0 Å². The van der Waals surface area contributed by atoms with Crippen molar-refractivity contribution in [3.05, 3.63) is 191 Å². The van der Waals surface area contributed by atoms with Crippen molar-refractivity contribution in [1.82, 2.24) is 9.55 Å². The second-order valence-electron chi connectivity index (χ2n) is 20.0. The highest BCUT2D eigenvalue weighted by Gasteiger charge is 2.36. The number of hydrogen-bond acceptors (Lipinski definition) is 4. The number of pyridine rings is 1. The maximum atomic E-state index is 15.9. The second kappa shape index (κ2) is 17.5. The first-order valence-corrected chi connectivity index (χ1v) is 23.7. The van der Waals surface area contributed by atoms with Crippen LogP contribution in [0, 0.1) is 29.1 Å². The van der Waals surface area contributed by atoms with E-state index in [1.165, 1.54) is 17.2 Å². The zero-order chi connectivity index (χ0) is 49.4. The highest BCUT2D eigenvalue weighted by molar-refractivity contribution is 6.09. The Balaban J connectivity index is 1.15. The molecule has 0 unspecified atom stereocenters. The number of anilines is 4. The van der Waals surface area contributed by atoms with Gasteiger partial charge in [-0.2, -0.15) is 0 Å². The Morgan fingerprint density at radius 2 is 1.17 bits per heavy atom. The number of benzene rings is 7. The molecule has 0 bridgehead atoms. The Morgan fingerprint density at radius 1 is 0.543 bits per heavy atom. The summed E-state index contributed by atoms with van der Waals surface area (Å²) in [5.41, 5.74) is 8.89. The minimum atomic E-state index is -2.20. The number of para-hydroxylation sites is 4. The first kappa shape index (κ1) is 46.3. The van der Waals surface area contributed by atoms with Crippen molar-refractivity contribution in [2.24, 2.45) is 0 Å². The van der Waals surface area contributed by atoms with Crippen LogP contribution in [0.2, 0.25) is 0 Å². The van der Waals surface area contributed by atoms with Gasteiger partial charge in [0.15, 0.2) is 23.3 Å². The van der Waals surface area contributed by atoms with Crippen LogP contribution in [-0.2, 0) is 23.7 Å². The van der Waals surface area contributed by atoms with Gasteiger partial charge in [0, 0.05) is 40.4 Å². The molecule has 0 N–H and O–H groups in total. The fourth-order valence-electron chi connectivity index (χ4n) is 10.1. The van der Waals surface area contributed by atoms with Crippen molar-refractivity contribution in [1.29, 1.82) is 0 Å². The van der Waals surface area contributed by atoms with Crippen LogP contribution in [0.1, 0.15) is 77.6 Å². The van der Waals surface area contributed by atoms with Gasteiger partial charge in [-0.1, -0.05) is 122 Å². The summed E-state index contributed by atoms with van der Waals surface area (Å²) in [6, 6.07) is 43.7. The van der Waals surface area contributed by atoms with Gasteiger partial charge in [0.2, 0.25) is 5.82 Å². The molecule has 7 aromatic carbocycles. The molecule has 2 aromatic heterocycles. The quantitative estimate of drug-likeness (QED) is 0.0820. The Kier molecular flexibility index (Phi) is 11.6. The fraction of sp³-hybridized carbons (Fsp3) is 0.217. The highest BCUT2D eigenvalue weighted by atomic mass is 19.2. The number of fused-ring (bicyclic) bond motifs is 4. The number of halogens is 5. The van der Waals surface area contributed by atoms with Crippen molar-refractivity contribution in [3.63, 3.8) is 0 Å². The van der Waals surface area contributed by atoms with E-state index in [4.69, 9.17) is 9.72 Å². The number of ether oxygens (including phenoxy) is 1. The van der Waals surface area contributed by atoms with Crippen LogP contribution in [0.25, 0.3) is 49.9 Å². The summed E-state index contributed by atoms with van der Waals surface area (Å²) < 4.78 is 85.6. The predicted molar refractivity (Wildman–Crippen MR) is 274 cm³/mol. The van der Waals surface area contributed by atoms with E-state index >= 15 is 17.6 Å². The largest absolute Gasteiger partial charge is 0.457 e. The Bertz CT molecular complexity index is 3480. The standard InChI is InChI=1S/C60H53F5N4O/c1-9-35-17-15-18-36(10-2)51(35)37-29-39(32-41(30-37)70-40-25-26-43-42-19-11-12-22-46(42)69(49(43)33-40)50-31-38(27-28-66-50)59(3,4)5)67-34-68(48-24-14-13-23-47(48)67)58-44(20-16-21-45(58)60(6,7)8)52-53(61)55(63)57(65)56(64)54(52)62/h11-33H,9-10,34H2,1-8H3. The third-order valence-corrected chi connectivity index (χ3v) is 13.6. The number of nitrogens with zero attached hydrogens (tertiary/aromatic N) is 4. The van der Waals surface area contributed by atoms with E-state index in [1.807, 2.05) is 86.5 Å². The monoisotopic (exact) mass is 940 g/mol. The van der Waals surface area contributed by atoms with E-state index < -0.39 is 40.1 Å². The third kappa shape index (κ3) is 7.83. The summed E-state index contributed by atoms with van der Waals surface area (Å²) >= 11 is 0. The van der Waals surface area contributed by atoms with E-state index in [-0.39, 0.29) is 17.6 Å². The summed E-state index contributed by atoms with van der Waals surface area (Å²) in [5, 5.41) is 2.15. The molecule has 3 heterocycles. The van der Waals surface area contributed by atoms with Crippen molar-refractivity contribution < 1.29 is 26.7 Å². The molecular formula is C60H53F5N4O. The Labute approximate surface area is 405 Å². The number of rotatable bonds is 9.